The van der Waals surface area contributed by atoms with Crippen molar-refractivity contribution in [1.82, 2.24) is 0 Å². The van der Waals surface area contributed by atoms with Gasteiger partial charge in [0.05, 0.1) is 6.61 Å². The van der Waals surface area contributed by atoms with E-state index in [0.717, 1.165) is 5.56 Å². The number of methoxy groups -OCH3 is 1. The summed E-state index contributed by atoms with van der Waals surface area (Å²) in [6.45, 7) is 0.288. The quantitative estimate of drug-likeness (QED) is 0.826. The Morgan fingerprint density at radius 3 is 2.68 bits per heavy atom. The van der Waals surface area contributed by atoms with E-state index in [2.05, 4.69) is 0 Å². The molecule has 100 valence electrons. The average molecular weight is 260 g/mol. The molecule has 0 fully saturated rings. The molecular weight excluding hydrogens is 244 g/mol. The van der Waals surface area contributed by atoms with Crippen LogP contribution in [-0.2, 0) is 20.9 Å². The van der Waals surface area contributed by atoms with E-state index in [0.29, 0.717) is 0 Å². The summed E-state index contributed by atoms with van der Waals surface area (Å²) in [7, 11) is 1.45. The maximum atomic E-state index is 11.3. The lowest BCUT2D eigenvalue weighted by atomic mass is 9.93. The van der Waals surface area contributed by atoms with Gasteiger partial charge in [-0.25, -0.2) is 0 Å². The fourth-order valence-electron chi connectivity index (χ4n) is 2.02. The van der Waals surface area contributed by atoms with E-state index < -0.39 is 17.7 Å². The highest BCUT2D eigenvalue weighted by molar-refractivity contribution is 5.74. The number of rotatable bonds is 5. The fourth-order valence-corrected chi connectivity index (χ4v) is 2.02. The Morgan fingerprint density at radius 1 is 1.32 bits per heavy atom. The van der Waals surface area contributed by atoms with Crippen LogP contribution in [0.25, 0.3) is 0 Å². The lowest BCUT2D eigenvalue weighted by molar-refractivity contribution is -0.223. The molecule has 0 saturated heterocycles. The number of allylic oxidation sites excluding steroid dienone is 2. The molecule has 4 nitrogen and oxygen atoms in total. The van der Waals surface area contributed by atoms with Crippen LogP contribution in [-0.4, -0.2) is 24.0 Å². The van der Waals surface area contributed by atoms with Gasteiger partial charge in [0.25, 0.3) is 0 Å². The van der Waals surface area contributed by atoms with Crippen molar-refractivity contribution in [2.24, 2.45) is 5.92 Å². The normalized spacial score (nSPS) is 25.4. The first-order chi connectivity index (χ1) is 9.18. The van der Waals surface area contributed by atoms with Crippen LogP contribution in [0.2, 0.25) is 0 Å². The lowest BCUT2D eigenvalue weighted by Gasteiger charge is -2.34. The molecular formula is C15H16O4. The summed E-state index contributed by atoms with van der Waals surface area (Å²) in [4.78, 5) is 11.3. The second-order valence-electron chi connectivity index (χ2n) is 4.26. The molecule has 2 unspecified atom stereocenters. The van der Waals surface area contributed by atoms with E-state index in [-0.39, 0.29) is 6.61 Å². The molecule has 1 aromatic carbocycles. The van der Waals surface area contributed by atoms with Gasteiger partial charge in [0.15, 0.2) is 0 Å². The molecule has 0 aliphatic heterocycles. The molecule has 0 saturated carbocycles. The number of ether oxygens (including phenoxy) is 2. The Morgan fingerprint density at radius 2 is 2.05 bits per heavy atom. The summed E-state index contributed by atoms with van der Waals surface area (Å²) in [5.74, 6) is -3.09. The number of aliphatic carboxylic acids is 1. The van der Waals surface area contributed by atoms with Crippen LogP contribution in [0.3, 0.4) is 0 Å². The van der Waals surface area contributed by atoms with Gasteiger partial charge in [0.1, 0.15) is 5.92 Å². The third kappa shape index (κ3) is 2.92. The van der Waals surface area contributed by atoms with Gasteiger partial charge in [-0.05, 0) is 11.6 Å². The maximum Gasteiger partial charge on any atom is 0.316 e. The molecule has 0 spiro atoms. The zero-order chi connectivity index (χ0) is 13.7. The molecule has 1 aliphatic rings. The maximum absolute atomic E-state index is 11.3. The zero-order valence-corrected chi connectivity index (χ0v) is 10.7. The molecule has 1 N–H and O–H groups in total. The SMILES string of the molecule is COC1(OCc2ccccc2)C=CC=CC1C(=O)O. The van der Waals surface area contributed by atoms with Crippen molar-refractivity contribution in [3.8, 4) is 0 Å². The largest absolute Gasteiger partial charge is 0.481 e. The van der Waals surface area contributed by atoms with Gasteiger partial charge < -0.3 is 14.6 Å². The second-order valence-corrected chi connectivity index (χ2v) is 4.26. The third-order valence-corrected chi connectivity index (χ3v) is 3.07. The van der Waals surface area contributed by atoms with Gasteiger partial charge in [-0.2, -0.15) is 0 Å². The molecule has 2 atom stereocenters. The number of hydrogen-bond donors (Lipinski definition) is 1. The number of benzene rings is 1. The van der Waals surface area contributed by atoms with E-state index in [1.165, 1.54) is 7.11 Å². The first kappa shape index (κ1) is 13.5. The van der Waals surface area contributed by atoms with Crippen LogP contribution < -0.4 is 0 Å². The van der Waals surface area contributed by atoms with Gasteiger partial charge >= 0.3 is 5.97 Å². The molecule has 1 aromatic rings. The molecule has 0 heterocycles. The Kier molecular flexibility index (Phi) is 4.14. The average Bonchev–Trinajstić information content (AvgIpc) is 2.46. The number of carboxylic acid groups (broad SMARTS) is 1. The van der Waals surface area contributed by atoms with Gasteiger partial charge in [0, 0.05) is 7.11 Å². The standard InChI is InChI=1S/C15H16O4/c1-18-15(10-6-5-9-13(15)14(16)17)19-11-12-7-3-2-4-8-12/h2-10,13H,11H2,1H3,(H,16,17). The van der Waals surface area contributed by atoms with Crippen molar-refractivity contribution in [3.63, 3.8) is 0 Å². The Labute approximate surface area is 112 Å². The van der Waals surface area contributed by atoms with Crippen molar-refractivity contribution < 1.29 is 19.4 Å². The summed E-state index contributed by atoms with van der Waals surface area (Å²) in [6.07, 6.45) is 6.61. The highest BCUT2D eigenvalue weighted by Gasteiger charge is 2.42. The topological polar surface area (TPSA) is 55.8 Å². The van der Waals surface area contributed by atoms with Crippen LogP contribution in [0.1, 0.15) is 5.56 Å². The van der Waals surface area contributed by atoms with Crippen LogP contribution in [0, 0.1) is 5.92 Å². The predicted molar refractivity (Wildman–Crippen MR) is 70.4 cm³/mol. The highest BCUT2D eigenvalue weighted by Crippen LogP contribution is 2.30. The van der Waals surface area contributed by atoms with Crippen LogP contribution >= 0.6 is 0 Å². The van der Waals surface area contributed by atoms with E-state index >= 15 is 0 Å². The fraction of sp³-hybridized carbons (Fsp3) is 0.267. The molecule has 0 aromatic heterocycles. The van der Waals surface area contributed by atoms with Gasteiger partial charge in [-0.15, -0.1) is 0 Å². The van der Waals surface area contributed by atoms with Crippen LogP contribution in [0.4, 0.5) is 0 Å². The minimum absolute atomic E-state index is 0.288. The van der Waals surface area contributed by atoms with Crippen molar-refractivity contribution in [2.75, 3.05) is 7.11 Å². The van der Waals surface area contributed by atoms with Crippen molar-refractivity contribution in [3.05, 3.63) is 60.2 Å². The number of hydrogen-bond acceptors (Lipinski definition) is 3. The Bertz CT molecular complexity index is 492. The Balaban J connectivity index is 2.15. The minimum atomic E-state index is -1.25. The lowest BCUT2D eigenvalue weighted by Crippen LogP contribution is -2.45. The van der Waals surface area contributed by atoms with E-state index in [9.17, 15) is 9.90 Å². The molecule has 1 aliphatic carbocycles. The van der Waals surface area contributed by atoms with E-state index in [4.69, 9.17) is 9.47 Å². The van der Waals surface area contributed by atoms with E-state index in [1.54, 1.807) is 24.3 Å². The Hall–Kier alpha value is -1.91. The number of carbonyl (C=O) groups is 1. The van der Waals surface area contributed by atoms with Crippen LogP contribution in [0.5, 0.6) is 0 Å². The summed E-state index contributed by atoms with van der Waals surface area (Å²) < 4.78 is 11.1. The predicted octanol–water partition coefficient (Wildman–Crippen LogP) is 2.37. The first-order valence-corrected chi connectivity index (χ1v) is 6.00. The monoisotopic (exact) mass is 260 g/mol. The second kappa shape index (κ2) is 5.82. The summed E-state index contributed by atoms with van der Waals surface area (Å²) in [5, 5.41) is 9.26. The molecule has 2 rings (SSSR count). The summed E-state index contributed by atoms with van der Waals surface area (Å²) in [5.41, 5.74) is 0.964. The summed E-state index contributed by atoms with van der Waals surface area (Å²) in [6, 6.07) is 9.56. The van der Waals surface area contributed by atoms with Gasteiger partial charge in [0.2, 0.25) is 5.79 Å². The first-order valence-electron chi connectivity index (χ1n) is 6.00. The smallest absolute Gasteiger partial charge is 0.316 e. The van der Waals surface area contributed by atoms with E-state index in [1.807, 2.05) is 30.3 Å². The minimum Gasteiger partial charge on any atom is -0.481 e. The van der Waals surface area contributed by atoms with Gasteiger partial charge in [-0.1, -0.05) is 48.6 Å². The van der Waals surface area contributed by atoms with Crippen molar-refractivity contribution in [1.29, 1.82) is 0 Å². The molecule has 0 bridgehead atoms. The van der Waals surface area contributed by atoms with Crippen molar-refractivity contribution >= 4 is 5.97 Å². The molecule has 19 heavy (non-hydrogen) atoms. The summed E-state index contributed by atoms with van der Waals surface area (Å²) >= 11 is 0. The molecule has 0 amide bonds. The highest BCUT2D eigenvalue weighted by atomic mass is 16.7. The number of carboxylic acids is 1. The van der Waals surface area contributed by atoms with Gasteiger partial charge in [-0.3, -0.25) is 4.79 Å². The zero-order valence-electron chi connectivity index (χ0n) is 10.7. The van der Waals surface area contributed by atoms with Crippen molar-refractivity contribution in [2.45, 2.75) is 12.4 Å². The van der Waals surface area contributed by atoms with Crippen LogP contribution in [0.15, 0.2) is 54.6 Å². The molecule has 4 heteroatoms. The third-order valence-electron chi connectivity index (χ3n) is 3.07. The molecule has 0 radical (unpaired) electrons.